The molecule has 2 fully saturated rings. The molecule has 1 N–H and O–H groups in total. The van der Waals surface area contributed by atoms with E-state index in [0.29, 0.717) is 13.0 Å². The molecule has 0 bridgehead atoms. The summed E-state index contributed by atoms with van der Waals surface area (Å²) in [5.74, 6) is 1.93. The van der Waals surface area contributed by atoms with Gasteiger partial charge in [0.05, 0.1) is 28.4 Å². The first-order chi connectivity index (χ1) is 15.2. The van der Waals surface area contributed by atoms with Gasteiger partial charge < -0.3 is 14.8 Å². The Kier molecular flexibility index (Phi) is 5.81. The number of amides is 1. The van der Waals surface area contributed by atoms with Crippen LogP contribution < -0.4 is 14.8 Å². The molecule has 2 heterocycles. The quantitative estimate of drug-likeness (QED) is 0.585. The predicted molar refractivity (Wildman–Crippen MR) is 123 cm³/mol. The minimum absolute atomic E-state index is 0.0689. The fourth-order valence-electron chi connectivity index (χ4n) is 4.78. The van der Waals surface area contributed by atoms with Gasteiger partial charge in [0.1, 0.15) is 0 Å². The molecule has 2 aromatic carbocycles. The largest absolute Gasteiger partial charge is 0.493 e. The molecule has 5 rings (SSSR count). The van der Waals surface area contributed by atoms with Crippen molar-refractivity contribution in [1.82, 2.24) is 10.3 Å². The number of fused-ring (bicyclic) bond motifs is 1. The molecule has 6 heteroatoms. The normalized spacial score (nSPS) is 21.9. The summed E-state index contributed by atoms with van der Waals surface area (Å²) in [5.41, 5.74) is 2.21. The summed E-state index contributed by atoms with van der Waals surface area (Å²) >= 11 is 1.69. The highest BCUT2D eigenvalue weighted by Crippen LogP contribution is 2.37. The molecular weight excluding hydrogens is 408 g/mol. The van der Waals surface area contributed by atoms with E-state index in [2.05, 4.69) is 23.5 Å². The van der Waals surface area contributed by atoms with Crippen molar-refractivity contribution in [2.24, 2.45) is 5.92 Å². The van der Waals surface area contributed by atoms with Crippen LogP contribution in [0.5, 0.6) is 11.5 Å². The number of rotatable bonds is 6. The van der Waals surface area contributed by atoms with Crippen LogP contribution in [-0.2, 0) is 11.2 Å². The lowest BCUT2D eigenvalue weighted by atomic mass is 9.83. The van der Waals surface area contributed by atoms with Gasteiger partial charge in [-0.3, -0.25) is 4.79 Å². The van der Waals surface area contributed by atoms with Crippen molar-refractivity contribution >= 4 is 27.5 Å². The average molecular weight is 437 g/mol. The molecule has 2 aliphatic rings. The molecule has 1 saturated heterocycles. The molecule has 162 valence electrons. The van der Waals surface area contributed by atoms with Gasteiger partial charge in [-0.2, -0.15) is 0 Å². The van der Waals surface area contributed by atoms with Gasteiger partial charge in [0.2, 0.25) is 5.91 Å². The van der Waals surface area contributed by atoms with Crippen LogP contribution in [0.3, 0.4) is 0 Å². The van der Waals surface area contributed by atoms with Crippen molar-refractivity contribution in [2.75, 3.05) is 13.7 Å². The second-order valence-corrected chi connectivity index (χ2v) is 9.70. The Morgan fingerprint density at radius 2 is 1.97 bits per heavy atom. The zero-order chi connectivity index (χ0) is 21.2. The first kappa shape index (κ1) is 20.3. The molecule has 0 radical (unpaired) electrons. The average Bonchev–Trinajstić information content (AvgIpc) is 3.44. The summed E-state index contributed by atoms with van der Waals surface area (Å²) in [6.45, 7) is 0.657. The maximum Gasteiger partial charge on any atom is 0.223 e. The molecule has 0 unspecified atom stereocenters. The minimum atomic E-state index is -0.0689. The number of nitrogens with one attached hydrogen (secondary N) is 1. The molecule has 1 amide bonds. The van der Waals surface area contributed by atoms with Crippen LogP contribution in [0.1, 0.15) is 48.6 Å². The van der Waals surface area contributed by atoms with Gasteiger partial charge >= 0.3 is 0 Å². The first-order valence-electron chi connectivity index (χ1n) is 11.2. The molecule has 31 heavy (non-hydrogen) atoms. The van der Waals surface area contributed by atoms with Crippen LogP contribution in [0.4, 0.5) is 0 Å². The molecule has 1 aliphatic carbocycles. The Labute approximate surface area is 186 Å². The zero-order valence-corrected chi connectivity index (χ0v) is 18.6. The highest BCUT2D eigenvalue weighted by atomic mass is 32.1. The van der Waals surface area contributed by atoms with Gasteiger partial charge in [0.15, 0.2) is 11.5 Å². The second kappa shape index (κ2) is 8.87. The maximum absolute atomic E-state index is 12.6. The monoisotopic (exact) mass is 436 g/mol. The van der Waals surface area contributed by atoms with Crippen molar-refractivity contribution in [2.45, 2.75) is 50.5 Å². The van der Waals surface area contributed by atoms with E-state index in [1.807, 2.05) is 24.3 Å². The number of para-hydroxylation sites is 1. The lowest BCUT2D eigenvalue weighted by Crippen LogP contribution is -2.41. The molecule has 1 saturated carbocycles. The molecule has 1 aliphatic heterocycles. The smallest absolute Gasteiger partial charge is 0.223 e. The van der Waals surface area contributed by atoms with E-state index < -0.39 is 0 Å². The van der Waals surface area contributed by atoms with E-state index in [-0.39, 0.29) is 23.8 Å². The van der Waals surface area contributed by atoms with Crippen molar-refractivity contribution < 1.29 is 14.3 Å². The number of hydrogen-bond donors (Lipinski definition) is 1. The summed E-state index contributed by atoms with van der Waals surface area (Å²) in [4.78, 5) is 17.3. The standard InChI is InChI=1S/C25H28N2O3S/c1-29-21-11-10-16(13-22(21)30-19-6-2-3-7-19)18-12-17(25(28)26-15-18)14-24-27-20-8-4-5-9-23(20)31-24/h4-5,8-11,13,17-19H,2-3,6-7,12,14-15H2,1H3,(H,26,28)/t17-,18-/m1/s1. The number of nitrogens with zero attached hydrogens (tertiary/aromatic N) is 1. The molecule has 5 nitrogen and oxygen atoms in total. The van der Waals surface area contributed by atoms with Crippen molar-refractivity contribution in [3.05, 3.63) is 53.0 Å². The maximum atomic E-state index is 12.6. The first-order valence-corrected chi connectivity index (χ1v) is 12.0. The number of ether oxygens (including phenoxy) is 2. The number of hydrogen-bond acceptors (Lipinski definition) is 5. The van der Waals surface area contributed by atoms with Crippen LogP contribution in [0.25, 0.3) is 10.2 Å². The number of aromatic nitrogens is 1. The molecule has 3 aromatic rings. The van der Waals surface area contributed by atoms with Gasteiger partial charge in [0, 0.05) is 24.8 Å². The molecular formula is C25H28N2O3S. The highest BCUT2D eigenvalue weighted by Gasteiger charge is 2.31. The van der Waals surface area contributed by atoms with Crippen LogP contribution in [0.15, 0.2) is 42.5 Å². The Morgan fingerprint density at radius 1 is 1.13 bits per heavy atom. The Hall–Kier alpha value is -2.60. The van der Waals surface area contributed by atoms with E-state index in [4.69, 9.17) is 14.5 Å². The van der Waals surface area contributed by atoms with E-state index >= 15 is 0 Å². The Morgan fingerprint density at radius 3 is 2.77 bits per heavy atom. The molecule has 1 aromatic heterocycles. The number of benzene rings is 2. The number of thiazole rings is 1. The Bertz CT molecular complexity index is 1040. The third-order valence-corrected chi connectivity index (χ3v) is 7.54. The molecule has 2 atom stereocenters. The SMILES string of the molecule is COc1ccc([C@H]2CNC(=O)[C@@H](Cc3nc4ccccc4s3)C2)cc1OC1CCCC1. The van der Waals surface area contributed by atoms with E-state index in [1.54, 1.807) is 18.4 Å². The van der Waals surface area contributed by atoms with E-state index in [9.17, 15) is 4.79 Å². The number of carbonyl (C=O) groups is 1. The Balaban J connectivity index is 1.33. The van der Waals surface area contributed by atoms with Gasteiger partial charge in [-0.1, -0.05) is 18.2 Å². The fraction of sp³-hybridized carbons (Fsp3) is 0.440. The van der Waals surface area contributed by atoms with Gasteiger partial charge in [0.25, 0.3) is 0 Å². The second-order valence-electron chi connectivity index (χ2n) is 8.59. The summed E-state index contributed by atoms with van der Waals surface area (Å²) in [5, 5.41) is 4.15. The third-order valence-electron chi connectivity index (χ3n) is 6.48. The van der Waals surface area contributed by atoms with Gasteiger partial charge in [-0.15, -0.1) is 11.3 Å². The predicted octanol–water partition coefficient (Wildman–Crippen LogP) is 5.09. The zero-order valence-electron chi connectivity index (χ0n) is 17.8. The lowest BCUT2D eigenvalue weighted by molar-refractivity contribution is -0.126. The van der Waals surface area contributed by atoms with Crippen LogP contribution in [0, 0.1) is 5.92 Å². The number of carbonyl (C=O) groups excluding carboxylic acids is 1. The summed E-state index contributed by atoms with van der Waals surface area (Å²) in [6.07, 6.45) is 6.46. The van der Waals surface area contributed by atoms with Crippen LogP contribution >= 0.6 is 11.3 Å². The van der Waals surface area contributed by atoms with E-state index in [1.165, 1.54) is 23.1 Å². The van der Waals surface area contributed by atoms with Crippen molar-refractivity contribution in [3.63, 3.8) is 0 Å². The summed E-state index contributed by atoms with van der Waals surface area (Å²) in [6, 6.07) is 14.4. The van der Waals surface area contributed by atoms with Crippen LogP contribution in [-0.4, -0.2) is 30.6 Å². The molecule has 0 spiro atoms. The van der Waals surface area contributed by atoms with E-state index in [0.717, 1.165) is 41.3 Å². The lowest BCUT2D eigenvalue weighted by Gasteiger charge is -2.29. The van der Waals surface area contributed by atoms with Gasteiger partial charge in [-0.25, -0.2) is 4.98 Å². The summed E-state index contributed by atoms with van der Waals surface area (Å²) in [7, 11) is 1.69. The minimum Gasteiger partial charge on any atom is -0.493 e. The van der Waals surface area contributed by atoms with Crippen LogP contribution in [0.2, 0.25) is 0 Å². The highest BCUT2D eigenvalue weighted by molar-refractivity contribution is 7.18. The summed E-state index contributed by atoms with van der Waals surface area (Å²) < 4.78 is 13.0. The van der Waals surface area contributed by atoms with Crippen molar-refractivity contribution in [3.8, 4) is 11.5 Å². The third kappa shape index (κ3) is 4.40. The topological polar surface area (TPSA) is 60.5 Å². The van der Waals surface area contributed by atoms with Gasteiger partial charge in [-0.05, 0) is 61.9 Å². The fourth-order valence-corrected chi connectivity index (χ4v) is 5.82. The van der Waals surface area contributed by atoms with Crippen molar-refractivity contribution in [1.29, 1.82) is 0 Å². The number of piperidine rings is 1. The number of methoxy groups -OCH3 is 1.